The fourth-order valence-corrected chi connectivity index (χ4v) is 6.46. The van der Waals surface area contributed by atoms with Gasteiger partial charge in [-0.15, -0.1) is 0 Å². The maximum absolute atomic E-state index is 14.2. The van der Waals surface area contributed by atoms with Crippen LogP contribution in [0, 0.1) is 11.2 Å². The largest absolute Gasteiger partial charge is 0.496 e. The molecule has 2 N–H and O–H groups in total. The van der Waals surface area contributed by atoms with Crippen LogP contribution in [0.2, 0.25) is 0 Å². The van der Waals surface area contributed by atoms with E-state index >= 15 is 0 Å². The molecule has 1 spiro atoms. The Labute approximate surface area is 231 Å². The molecule has 2 aliphatic heterocycles. The van der Waals surface area contributed by atoms with Crippen molar-refractivity contribution in [2.75, 3.05) is 24.3 Å². The summed E-state index contributed by atoms with van der Waals surface area (Å²) < 4.78 is 19.7. The molecular formula is C31H31FN4O4. The lowest BCUT2D eigenvalue weighted by Gasteiger charge is -2.43. The van der Waals surface area contributed by atoms with Crippen molar-refractivity contribution in [1.82, 2.24) is 9.88 Å². The van der Waals surface area contributed by atoms with Crippen LogP contribution >= 0.6 is 0 Å². The molecule has 3 aromatic rings. The average Bonchev–Trinajstić information content (AvgIpc) is 3.44. The third kappa shape index (κ3) is 4.20. The summed E-state index contributed by atoms with van der Waals surface area (Å²) in [7, 11) is 1.50. The van der Waals surface area contributed by atoms with Gasteiger partial charge in [0.2, 0.25) is 17.7 Å². The fourth-order valence-electron chi connectivity index (χ4n) is 6.46. The average molecular weight is 543 g/mol. The van der Waals surface area contributed by atoms with Gasteiger partial charge in [-0.3, -0.25) is 14.4 Å². The molecule has 1 saturated heterocycles. The number of aromatic nitrogens is 1. The third-order valence-corrected chi connectivity index (χ3v) is 8.59. The standard InChI is InChI=1S/C31H31FN4O4/c1-30(2)11-10-24(22-14-20(32)7-9-25(22)40-3)36(29(30)39)17-26(37)34-21-8-6-18-15-31(16-19(18)13-21)23-5-4-12-33-27(23)35-28(31)38/h4-9,12-14,24H,10-11,15-17H2,1-3H3,(H,34,37)(H,33,35,38). The summed E-state index contributed by atoms with van der Waals surface area (Å²) in [4.78, 5) is 45.7. The van der Waals surface area contributed by atoms with E-state index in [2.05, 4.69) is 15.6 Å². The van der Waals surface area contributed by atoms with Gasteiger partial charge in [0.1, 0.15) is 23.9 Å². The molecule has 8 nitrogen and oxygen atoms in total. The second-order valence-electron chi connectivity index (χ2n) is 11.6. The maximum Gasteiger partial charge on any atom is 0.244 e. The molecule has 40 heavy (non-hydrogen) atoms. The smallest absolute Gasteiger partial charge is 0.244 e. The minimum Gasteiger partial charge on any atom is -0.496 e. The van der Waals surface area contributed by atoms with E-state index in [9.17, 15) is 18.8 Å². The molecule has 1 aliphatic carbocycles. The van der Waals surface area contributed by atoms with Crippen LogP contribution in [0.3, 0.4) is 0 Å². The number of hydrogen-bond acceptors (Lipinski definition) is 5. The SMILES string of the molecule is COc1ccc(F)cc1C1CCC(C)(C)C(=O)N1CC(=O)Nc1ccc2c(c1)CC1(C2)C(=O)Nc2ncccc21. The lowest BCUT2D eigenvalue weighted by Crippen LogP contribution is -2.50. The van der Waals surface area contributed by atoms with Gasteiger partial charge in [-0.05, 0) is 73.2 Å². The molecule has 3 aliphatic rings. The first-order chi connectivity index (χ1) is 19.1. The van der Waals surface area contributed by atoms with Crippen molar-refractivity contribution >= 4 is 29.2 Å². The fraction of sp³-hybridized carbons (Fsp3) is 0.355. The van der Waals surface area contributed by atoms with Gasteiger partial charge in [0.15, 0.2) is 0 Å². The van der Waals surface area contributed by atoms with Crippen LogP contribution in [-0.2, 0) is 32.6 Å². The van der Waals surface area contributed by atoms with E-state index in [0.29, 0.717) is 48.5 Å². The highest BCUT2D eigenvalue weighted by atomic mass is 19.1. The van der Waals surface area contributed by atoms with Gasteiger partial charge >= 0.3 is 0 Å². The Morgan fingerprint density at radius 3 is 2.75 bits per heavy atom. The first-order valence-electron chi connectivity index (χ1n) is 13.4. The van der Waals surface area contributed by atoms with Crippen LogP contribution in [0.1, 0.15) is 55.0 Å². The van der Waals surface area contributed by atoms with Crippen molar-refractivity contribution in [1.29, 1.82) is 0 Å². The summed E-state index contributed by atoms with van der Waals surface area (Å²) >= 11 is 0. The number of likely N-dealkylation sites (tertiary alicyclic amines) is 1. The first kappa shape index (κ1) is 26.0. The molecule has 3 amide bonds. The van der Waals surface area contributed by atoms with Crippen molar-refractivity contribution in [3.8, 4) is 5.75 Å². The Morgan fingerprint density at radius 2 is 1.95 bits per heavy atom. The molecule has 0 bridgehead atoms. The van der Waals surface area contributed by atoms with Crippen molar-refractivity contribution in [3.05, 3.63) is 82.8 Å². The van der Waals surface area contributed by atoms with Gasteiger partial charge in [0.05, 0.1) is 18.6 Å². The van der Waals surface area contributed by atoms with E-state index < -0.39 is 22.7 Å². The highest BCUT2D eigenvalue weighted by molar-refractivity contribution is 6.06. The third-order valence-electron chi connectivity index (χ3n) is 8.59. The minimum atomic E-state index is -0.697. The quantitative estimate of drug-likeness (QED) is 0.493. The molecule has 1 aromatic heterocycles. The van der Waals surface area contributed by atoms with Gasteiger partial charge in [-0.2, -0.15) is 0 Å². The second kappa shape index (κ2) is 9.43. The van der Waals surface area contributed by atoms with Crippen molar-refractivity contribution in [3.63, 3.8) is 0 Å². The molecule has 1 fully saturated rings. The number of halogens is 1. The topological polar surface area (TPSA) is 101 Å². The van der Waals surface area contributed by atoms with Gasteiger partial charge in [-0.25, -0.2) is 9.37 Å². The molecule has 2 aromatic carbocycles. The molecule has 0 radical (unpaired) electrons. The van der Waals surface area contributed by atoms with Crippen molar-refractivity contribution < 1.29 is 23.5 Å². The molecule has 9 heteroatoms. The van der Waals surface area contributed by atoms with Crippen LogP contribution in [-0.4, -0.2) is 41.3 Å². The maximum atomic E-state index is 14.2. The number of carbonyl (C=O) groups excluding carboxylic acids is 3. The number of methoxy groups -OCH3 is 1. The lowest BCUT2D eigenvalue weighted by atomic mass is 9.78. The number of anilines is 2. The van der Waals surface area contributed by atoms with E-state index in [1.807, 2.05) is 44.2 Å². The second-order valence-corrected chi connectivity index (χ2v) is 11.6. The van der Waals surface area contributed by atoms with E-state index in [4.69, 9.17) is 4.74 Å². The zero-order valence-corrected chi connectivity index (χ0v) is 22.7. The number of hydrogen-bond donors (Lipinski definition) is 2. The zero-order valence-electron chi connectivity index (χ0n) is 22.7. The lowest BCUT2D eigenvalue weighted by molar-refractivity contribution is -0.150. The number of piperidine rings is 1. The number of nitrogens with zero attached hydrogens (tertiary/aromatic N) is 2. The van der Waals surface area contributed by atoms with Crippen LogP contribution in [0.5, 0.6) is 5.75 Å². The molecule has 6 rings (SSSR count). The van der Waals surface area contributed by atoms with Crippen molar-refractivity contribution in [2.45, 2.75) is 51.0 Å². The van der Waals surface area contributed by atoms with E-state index in [-0.39, 0.29) is 24.3 Å². The van der Waals surface area contributed by atoms with Crippen molar-refractivity contribution in [2.24, 2.45) is 5.41 Å². The number of amides is 3. The zero-order chi connectivity index (χ0) is 28.2. The summed E-state index contributed by atoms with van der Waals surface area (Å²) in [6.45, 7) is 3.54. The molecule has 2 atom stereocenters. The van der Waals surface area contributed by atoms with Gasteiger partial charge < -0.3 is 20.3 Å². The number of nitrogens with one attached hydrogen (secondary N) is 2. The van der Waals surface area contributed by atoms with Crippen LogP contribution in [0.4, 0.5) is 15.9 Å². The van der Waals surface area contributed by atoms with E-state index in [1.54, 1.807) is 12.3 Å². The summed E-state index contributed by atoms with van der Waals surface area (Å²) in [5.74, 6) is 0.0701. The van der Waals surface area contributed by atoms with E-state index in [0.717, 1.165) is 16.7 Å². The Bertz CT molecular complexity index is 1550. The van der Waals surface area contributed by atoms with Gasteiger partial charge in [-0.1, -0.05) is 26.0 Å². The molecule has 3 heterocycles. The predicted octanol–water partition coefficient (Wildman–Crippen LogP) is 4.55. The van der Waals surface area contributed by atoms with Crippen LogP contribution < -0.4 is 15.4 Å². The van der Waals surface area contributed by atoms with Crippen LogP contribution in [0.25, 0.3) is 0 Å². The Morgan fingerprint density at radius 1 is 1.15 bits per heavy atom. The molecule has 2 unspecified atom stereocenters. The number of rotatable bonds is 5. The Hall–Kier alpha value is -4.27. The minimum absolute atomic E-state index is 0.0620. The summed E-state index contributed by atoms with van der Waals surface area (Å²) in [6, 6.07) is 13.2. The van der Waals surface area contributed by atoms with E-state index in [1.165, 1.54) is 24.1 Å². The summed E-state index contributed by atoms with van der Waals surface area (Å²) in [5.41, 5.74) is 2.73. The summed E-state index contributed by atoms with van der Waals surface area (Å²) in [5, 5.41) is 5.84. The number of ether oxygens (including phenoxy) is 1. The number of fused-ring (bicyclic) bond motifs is 3. The van der Waals surface area contributed by atoms with Gasteiger partial charge in [0, 0.05) is 28.4 Å². The Balaban J connectivity index is 1.23. The summed E-state index contributed by atoms with van der Waals surface area (Å²) in [6.07, 6.45) is 3.92. The Kier molecular flexibility index (Phi) is 6.12. The monoisotopic (exact) mass is 542 g/mol. The predicted molar refractivity (Wildman–Crippen MR) is 147 cm³/mol. The van der Waals surface area contributed by atoms with Gasteiger partial charge in [0.25, 0.3) is 0 Å². The van der Waals surface area contributed by atoms with Crippen LogP contribution in [0.15, 0.2) is 54.7 Å². The number of carbonyl (C=O) groups is 3. The number of benzene rings is 2. The first-order valence-corrected chi connectivity index (χ1v) is 13.4. The number of pyridine rings is 1. The molecular weight excluding hydrogens is 511 g/mol. The molecule has 0 saturated carbocycles. The highest BCUT2D eigenvalue weighted by Crippen LogP contribution is 2.47. The normalized spacial score (nSPS) is 22.6. The highest BCUT2D eigenvalue weighted by Gasteiger charge is 2.51. The molecule has 206 valence electrons.